The van der Waals surface area contributed by atoms with E-state index in [2.05, 4.69) is 21.2 Å². The molecule has 2 rings (SSSR count). The van der Waals surface area contributed by atoms with Gasteiger partial charge in [-0.1, -0.05) is 0 Å². The first-order chi connectivity index (χ1) is 9.69. The van der Waals surface area contributed by atoms with Gasteiger partial charge in [0, 0.05) is 6.07 Å². The van der Waals surface area contributed by atoms with E-state index in [1.54, 1.807) is 6.07 Å². The lowest BCUT2D eigenvalue weighted by Gasteiger charge is -2.23. The summed E-state index contributed by atoms with van der Waals surface area (Å²) in [5.74, 6) is 0.0606. The zero-order chi connectivity index (χ0) is 15.7. The van der Waals surface area contributed by atoms with Gasteiger partial charge in [-0.2, -0.15) is 0 Å². The molecule has 6 heteroatoms. The van der Waals surface area contributed by atoms with Gasteiger partial charge in [0.2, 0.25) is 0 Å². The molecule has 0 aromatic heterocycles. The fraction of sp³-hybridized carbons (Fsp3) is 0.533. The van der Waals surface area contributed by atoms with Crippen molar-refractivity contribution in [1.82, 2.24) is 5.32 Å². The van der Waals surface area contributed by atoms with E-state index in [9.17, 15) is 9.18 Å². The van der Waals surface area contributed by atoms with E-state index in [1.165, 1.54) is 12.1 Å². The molecule has 0 aliphatic heterocycles. The van der Waals surface area contributed by atoms with Crippen LogP contribution < -0.4 is 10.1 Å². The number of ether oxygens (including phenoxy) is 2. The van der Waals surface area contributed by atoms with Crippen molar-refractivity contribution in [3.8, 4) is 5.75 Å². The van der Waals surface area contributed by atoms with Crippen LogP contribution >= 0.6 is 15.9 Å². The smallest absolute Gasteiger partial charge is 0.408 e. The zero-order valence-corrected chi connectivity index (χ0v) is 13.9. The van der Waals surface area contributed by atoms with Crippen LogP contribution in [0.4, 0.5) is 9.18 Å². The summed E-state index contributed by atoms with van der Waals surface area (Å²) in [5.41, 5.74) is -0.944. The van der Waals surface area contributed by atoms with Gasteiger partial charge in [0.15, 0.2) is 0 Å². The van der Waals surface area contributed by atoms with Crippen LogP contribution in [-0.4, -0.2) is 23.8 Å². The molecule has 0 saturated heterocycles. The average molecular weight is 360 g/mol. The fourth-order valence-corrected chi connectivity index (χ4v) is 2.14. The van der Waals surface area contributed by atoms with Crippen LogP contribution in [0.25, 0.3) is 0 Å². The number of benzene rings is 1. The molecular formula is C15H19BrFNO3. The van der Waals surface area contributed by atoms with Crippen molar-refractivity contribution in [3.05, 3.63) is 28.5 Å². The Balaban J connectivity index is 1.90. The number of carbonyl (C=O) groups excluding carboxylic acids is 1. The Kier molecular flexibility index (Phi) is 4.46. The Labute approximate surface area is 132 Å². The molecule has 21 heavy (non-hydrogen) atoms. The fourth-order valence-electron chi connectivity index (χ4n) is 1.78. The molecule has 1 aromatic carbocycles. The summed E-state index contributed by atoms with van der Waals surface area (Å²) < 4.78 is 24.7. The predicted octanol–water partition coefficient (Wildman–Crippen LogP) is 4.02. The van der Waals surface area contributed by atoms with Gasteiger partial charge >= 0.3 is 6.09 Å². The largest absolute Gasteiger partial charge is 0.490 e. The second-order valence-corrected chi connectivity index (χ2v) is 7.12. The van der Waals surface area contributed by atoms with Crippen LogP contribution in [0.15, 0.2) is 22.7 Å². The first kappa shape index (κ1) is 16.1. The van der Waals surface area contributed by atoms with Gasteiger partial charge in [0.1, 0.15) is 23.8 Å². The minimum Gasteiger partial charge on any atom is -0.490 e. The second-order valence-electron chi connectivity index (χ2n) is 6.27. The van der Waals surface area contributed by atoms with Gasteiger partial charge in [0.05, 0.1) is 10.0 Å². The van der Waals surface area contributed by atoms with Crippen molar-refractivity contribution in [2.45, 2.75) is 44.8 Å². The second kappa shape index (κ2) is 5.83. The molecule has 1 saturated carbocycles. The van der Waals surface area contributed by atoms with E-state index in [4.69, 9.17) is 9.47 Å². The van der Waals surface area contributed by atoms with Crippen molar-refractivity contribution in [2.75, 3.05) is 6.61 Å². The molecule has 1 fully saturated rings. The van der Waals surface area contributed by atoms with Crippen molar-refractivity contribution in [3.63, 3.8) is 0 Å². The number of rotatable bonds is 4. The van der Waals surface area contributed by atoms with Crippen molar-refractivity contribution in [2.24, 2.45) is 0 Å². The molecule has 0 heterocycles. The summed E-state index contributed by atoms with van der Waals surface area (Å²) in [6, 6.07) is 4.25. The number of nitrogens with one attached hydrogen (secondary N) is 1. The molecule has 0 atom stereocenters. The molecule has 116 valence electrons. The van der Waals surface area contributed by atoms with Crippen molar-refractivity contribution in [1.29, 1.82) is 0 Å². The van der Waals surface area contributed by atoms with Crippen molar-refractivity contribution < 1.29 is 18.7 Å². The highest BCUT2D eigenvalue weighted by Crippen LogP contribution is 2.37. The van der Waals surface area contributed by atoms with Gasteiger partial charge in [-0.05, 0) is 61.7 Å². The molecule has 1 amide bonds. The maximum atomic E-state index is 13.2. The lowest BCUT2D eigenvalue weighted by molar-refractivity contribution is 0.0477. The van der Waals surface area contributed by atoms with Crippen LogP contribution in [0.3, 0.4) is 0 Å². The SMILES string of the molecule is CC(C)(C)OC(=O)NC1(COc2cc(F)ccc2Br)CC1. The molecular weight excluding hydrogens is 341 g/mol. The first-order valence-corrected chi connectivity index (χ1v) is 7.57. The number of amides is 1. The molecule has 1 N–H and O–H groups in total. The molecule has 0 spiro atoms. The number of halogens is 2. The molecule has 1 aliphatic rings. The minimum absolute atomic E-state index is 0.286. The minimum atomic E-state index is -0.535. The summed E-state index contributed by atoms with van der Waals surface area (Å²) in [6.07, 6.45) is 1.18. The molecule has 4 nitrogen and oxygen atoms in total. The predicted molar refractivity (Wildman–Crippen MR) is 80.9 cm³/mol. The zero-order valence-electron chi connectivity index (χ0n) is 12.3. The van der Waals surface area contributed by atoms with E-state index in [0.29, 0.717) is 10.2 Å². The highest BCUT2D eigenvalue weighted by molar-refractivity contribution is 9.10. The van der Waals surface area contributed by atoms with Crippen LogP contribution in [-0.2, 0) is 4.74 Å². The van der Waals surface area contributed by atoms with E-state index < -0.39 is 17.2 Å². The quantitative estimate of drug-likeness (QED) is 0.882. The lowest BCUT2D eigenvalue weighted by Crippen LogP contribution is -2.44. The summed E-state index contributed by atoms with van der Waals surface area (Å²) in [6.45, 7) is 5.72. The molecule has 0 unspecified atom stereocenters. The van der Waals surface area contributed by atoms with Gasteiger partial charge in [-0.15, -0.1) is 0 Å². The maximum absolute atomic E-state index is 13.2. The number of hydrogen-bond acceptors (Lipinski definition) is 3. The van der Waals surface area contributed by atoms with Crippen LogP contribution in [0.2, 0.25) is 0 Å². The number of carbonyl (C=O) groups is 1. The number of hydrogen-bond donors (Lipinski definition) is 1. The third-order valence-corrected chi connectivity index (χ3v) is 3.67. The normalized spacial score (nSPS) is 16.2. The highest BCUT2D eigenvalue weighted by Gasteiger charge is 2.46. The van der Waals surface area contributed by atoms with E-state index in [-0.39, 0.29) is 12.4 Å². The van der Waals surface area contributed by atoms with Gasteiger partial charge < -0.3 is 14.8 Å². The maximum Gasteiger partial charge on any atom is 0.408 e. The molecule has 0 bridgehead atoms. The molecule has 0 radical (unpaired) electrons. The summed E-state index contributed by atoms with van der Waals surface area (Å²) in [5, 5.41) is 2.83. The van der Waals surface area contributed by atoms with Gasteiger partial charge in [-0.25, -0.2) is 9.18 Å². The molecule has 1 aliphatic carbocycles. The van der Waals surface area contributed by atoms with Crippen molar-refractivity contribution >= 4 is 22.0 Å². The van der Waals surface area contributed by atoms with E-state index in [1.807, 2.05) is 20.8 Å². The summed E-state index contributed by atoms with van der Waals surface area (Å²) in [4.78, 5) is 11.8. The monoisotopic (exact) mass is 359 g/mol. The first-order valence-electron chi connectivity index (χ1n) is 6.78. The Morgan fingerprint density at radius 3 is 2.67 bits per heavy atom. The van der Waals surface area contributed by atoms with Crippen LogP contribution in [0.5, 0.6) is 5.75 Å². The Hall–Kier alpha value is -1.30. The van der Waals surface area contributed by atoms with Crippen LogP contribution in [0.1, 0.15) is 33.6 Å². The average Bonchev–Trinajstić information content (AvgIpc) is 3.08. The summed E-state index contributed by atoms with van der Waals surface area (Å²) >= 11 is 3.31. The Morgan fingerprint density at radius 1 is 1.43 bits per heavy atom. The van der Waals surface area contributed by atoms with Gasteiger partial charge in [-0.3, -0.25) is 0 Å². The topological polar surface area (TPSA) is 47.6 Å². The number of alkyl carbamates (subject to hydrolysis) is 1. The Bertz CT molecular complexity index is 538. The lowest BCUT2D eigenvalue weighted by atomic mass is 10.2. The van der Waals surface area contributed by atoms with E-state index in [0.717, 1.165) is 12.8 Å². The van der Waals surface area contributed by atoms with Crippen LogP contribution in [0, 0.1) is 5.82 Å². The Morgan fingerprint density at radius 2 is 2.10 bits per heavy atom. The molecule has 1 aromatic rings. The standard InChI is InChI=1S/C15H19BrFNO3/c1-14(2,3)21-13(19)18-15(6-7-15)9-20-12-8-10(17)4-5-11(12)16/h4-5,8H,6-7,9H2,1-3H3,(H,18,19). The summed E-state index contributed by atoms with van der Waals surface area (Å²) in [7, 11) is 0. The third-order valence-electron chi connectivity index (χ3n) is 3.02. The third kappa shape index (κ3) is 4.88. The van der Waals surface area contributed by atoms with Gasteiger partial charge in [0.25, 0.3) is 0 Å². The highest BCUT2D eigenvalue weighted by atomic mass is 79.9. The van der Waals surface area contributed by atoms with E-state index >= 15 is 0 Å².